The van der Waals surface area contributed by atoms with Crippen molar-refractivity contribution in [3.8, 4) is 0 Å². The molecule has 0 bridgehead atoms. The zero-order chi connectivity index (χ0) is 18.2. The topological polar surface area (TPSA) is 72.9 Å². The summed E-state index contributed by atoms with van der Waals surface area (Å²) in [4.78, 5) is 17.2. The van der Waals surface area contributed by atoms with Crippen LogP contribution in [0.15, 0.2) is 42.5 Å². The van der Waals surface area contributed by atoms with Gasteiger partial charge in [0.25, 0.3) is 5.91 Å². The minimum absolute atomic E-state index is 0. The van der Waals surface area contributed by atoms with Gasteiger partial charge in [-0.25, -0.2) is 4.98 Å². The molecule has 0 unspecified atom stereocenters. The summed E-state index contributed by atoms with van der Waals surface area (Å²) in [5.74, 6) is 0.873. The van der Waals surface area contributed by atoms with Gasteiger partial charge in [0.2, 0.25) is 0 Å². The molecule has 26 heavy (non-hydrogen) atoms. The van der Waals surface area contributed by atoms with Gasteiger partial charge in [-0.2, -0.15) is 0 Å². The highest BCUT2D eigenvalue weighted by Gasteiger charge is 2.21. The molecule has 2 aromatic carbocycles. The second-order valence-corrected chi connectivity index (χ2v) is 7.30. The average molecular weight is 373 g/mol. The summed E-state index contributed by atoms with van der Waals surface area (Å²) in [7, 11) is 2.02. The van der Waals surface area contributed by atoms with Crippen molar-refractivity contribution >= 4 is 35.0 Å². The number of nitrogens with one attached hydrogen (secondary N) is 1. The predicted octanol–water partition coefficient (Wildman–Crippen LogP) is 4.00. The van der Waals surface area contributed by atoms with Gasteiger partial charge in [0.15, 0.2) is 0 Å². The van der Waals surface area contributed by atoms with E-state index in [4.69, 9.17) is 10.7 Å². The number of imidazole rings is 1. The molecule has 3 aromatic rings. The number of amides is 1. The minimum Gasteiger partial charge on any atom is -0.331 e. The summed E-state index contributed by atoms with van der Waals surface area (Å²) in [6.07, 6.45) is 0. The fourth-order valence-corrected chi connectivity index (χ4v) is 2.94. The molecule has 138 valence electrons. The smallest absolute Gasteiger partial charge is 0.255 e. The molecule has 1 amide bonds. The third-order valence-corrected chi connectivity index (χ3v) is 4.26. The third kappa shape index (κ3) is 3.89. The van der Waals surface area contributed by atoms with E-state index in [1.165, 1.54) is 0 Å². The summed E-state index contributed by atoms with van der Waals surface area (Å²) < 4.78 is 2.10. The number of carbonyl (C=O) groups excluding carboxylic acids is 1. The lowest BCUT2D eigenvalue weighted by Crippen LogP contribution is -2.17. The molecule has 0 fully saturated rings. The standard InChI is InChI=1S/C20H24N4O.ClH/c1-20(2,3)19-23-16-11-15(9-10-17(16)24(19)4)22-18(25)14-7-5-13(12-21)6-8-14;/h5-11H,12,21H2,1-4H3,(H,22,25);1H. The lowest BCUT2D eigenvalue weighted by molar-refractivity contribution is 0.102. The van der Waals surface area contributed by atoms with E-state index in [0.717, 1.165) is 28.1 Å². The molecule has 3 rings (SSSR count). The van der Waals surface area contributed by atoms with Crippen molar-refractivity contribution in [2.45, 2.75) is 32.7 Å². The number of nitrogens with two attached hydrogens (primary N) is 1. The van der Waals surface area contributed by atoms with Crippen molar-refractivity contribution < 1.29 is 4.79 Å². The van der Waals surface area contributed by atoms with Crippen molar-refractivity contribution in [2.24, 2.45) is 12.8 Å². The van der Waals surface area contributed by atoms with E-state index >= 15 is 0 Å². The van der Waals surface area contributed by atoms with Crippen LogP contribution in [0, 0.1) is 0 Å². The number of halogens is 1. The maximum atomic E-state index is 12.4. The number of aryl methyl sites for hydroxylation is 1. The van der Waals surface area contributed by atoms with Gasteiger partial charge in [-0.1, -0.05) is 32.9 Å². The number of rotatable bonds is 3. The van der Waals surface area contributed by atoms with E-state index in [-0.39, 0.29) is 23.7 Å². The monoisotopic (exact) mass is 372 g/mol. The van der Waals surface area contributed by atoms with Crippen molar-refractivity contribution in [3.63, 3.8) is 0 Å². The van der Waals surface area contributed by atoms with Crippen molar-refractivity contribution in [1.82, 2.24) is 9.55 Å². The predicted molar refractivity (Wildman–Crippen MR) is 109 cm³/mol. The van der Waals surface area contributed by atoms with Gasteiger partial charge in [0, 0.05) is 30.3 Å². The highest BCUT2D eigenvalue weighted by atomic mass is 35.5. The van der Waals surface area contributed by atoms with E-state index in [2.05, 4.69) is 30.7 Å². The molecule has 0 aliphatic carbocycles. The van der Waals surface area contributed by atoms with Gasteiger partial charge in [-0.05, 0) is 35.9 Å². The zero-order valence-corrected chi connectivity index (χ0v) is 16.4. The van der Waals surface area contributed by atoms with Gasteiger partial charge in [0.1, 0.15) is 5.82 Å². The third-order valence-electron chi connectivity index (χ3n) is 4.26. The Bertz CT molecular complexity index is 923. The Labute approximate surface area is 160 Å². The first-order chi connectivity index (χ1) is 11.8. The molecule has 6 heteroatoms. The Hall–Kier alpha value is -2.37. The number of aromatic nitrogens is 2. The van der Waals surface area contributed by atoms with Gasteiger partial charge >= 0.3 is 0 Å². The Morgan fingerprint density at radius 2 is 1.81 bits per heavy atom. The van der Waals surface area contributed by atoms with Crippen LogP contribution < -0.4 is 11.1 Å². The largest absolute Gasteiger partial charge is 0.331 e. The zero-order valence-electron chi connectivity index (χ0n) is 15.5. The van der Waals surface area contributed by atoms with E-state index in [1.54, 1.807) is 12.1 Å². The highest BCUT2D eigenvalue weighted by Crippen LogP contribution is 2.27. The molecular formula is C20H25ClN4O. The molecule has 5 nitrogen and oxygen atoms in total. The lowest BCUT2D eigenvalue weighted by Gasteiger charge is -2.17. The van der Waals surface area contributed by atoms with Crippen molar-refractivity contribution in [3.05, 3.63) is 59.4 Å². The minimum atomic E-state index is -0.144. The number of hydrogen-bond acceptors (Lipinski definition) is 3. The van der Waals surface area contributed by atoms with Gasteiger partial charge in [-0.15, -0.1) is 12.4 Å². The Morgan fingerprint density at radius 1 is 1.15 bits per heavy atom. The van der Waals surface area contributed by atoms with Crippen LogP contribution in [0.2, 0.25) is 0 Å². The molecule has 0 aliphatic rings. The maximum Gasteiger partial charge on any atom is 0.255 e. The van der Waals surface area contributed by atoms with Crippen LogP contribution in [0.5, 0.6) is 0 Å². The number of carbonyl (C=O) groups is 1. The summed E-state index contributed by atoms with van der Waals surface area (Å²) in [5.41, 5.74) is 9.82. The summed E-state index contributed by atoms with van der Waals surface area (Å²) >= 11 is 0. The van der Waals surface area contributed by atoms with Crippen LogP contribution >= 0.6 is 12.4 Å². The normalized spacial score (nSPS) is 11.3. The fraction of sp³-hybridized carbons (Fsp3) is 0.300. The number of anilines is 1. The number of nitrogens with zero attached hydrogens (tertiary/aromatic N) is 2. The van der Waals surface area contributed by atoms with Crippen molar-refractivity contribution in [2.75, 3.05) is 5.32 Å². The molecule has 0 saturated heterocycles. The second kappa shape index (κ2) is 7.48. The van der Waals surface area contributed by atoms with E-state index in [1.807, 2.05) is 37.4 Å². The fourth-order valence-electron chi connectivity index (χ4n) is 2.94. The summed E-state index contributed by atoms with van der Waals surface area (Å²) in [6.45, 7) is 6.89. The van der Waals surface area contributed by atoms with Crippen molar-refractivity contribution in [1.29, 1.82) is 0 Å². The molecule has 1 aromatic heterocycles. The molecule has 0 atom stereocenters. The Balaban J connectivity index is 0.00000243. The van der Waals surface area contributed by atoms with Crippen LogP contribution in [0.1, 0.15) is 42.5 Å². The van der Waals surface area contributed by atoms with Gasteiger partial charge in [0.05, 0.1) is 11.0 Å². The Kier molecular flexibility index (Phi) is 5.74. The summed E-state index contributed by atoms with van der Waals surface area (Å²) in [5, 5.41) is 2.94. The molecule has 0 radical (unpaired) electrons. The SMILES string of the molecule is Cl.Cn1c(C(C)(C)C)nc2cc(NC(=O)c3ccc(CN)cc3)ccc21. The second-order valence-electron chi connectivity index (χ2n) is 7.30. The van der Waals surface area contributed by atoms with E-state index in [0.29, 0.717) is 12.1 Å². The van der Waals surface area contributed by atoms with E-state index < -0.39 is 0 Å². The van der Waals surface area contributed by atoms with Crippen LogP contribution in [0.3, 0.4) is 0 Å². The number of fused-ring (bicyclic) bond motifs is 1. The van der Waals surface area contributed by atoms with Crippen LogP contribution in [-0.4, -0.2) is 15.5 Å². The molecular weight excluding hydrogens is 348 g/mol. The average Bonchev–Trinajstić information content (AvgIpc) is 2.91. The first-order valence-corrected chi connectivity index (χ1v) is 8.37. The Morgan fingerprint density at radius 3 is 2.38 bits per heavy atom. The number of hydrogen-bond donors (Lipinski definition) is 2. The first kappa shape index (κ1) is 19.9. The van der Waals surface area contributed by atoms with E-state index in [9.17, 15) is 4.79 Å². The first-order valence-electron chi connectivity index (χ1n) is 8.37. The molecule has 1 heterocycles. The van der Waals surface area contributed by atoms with Gasteiger partial charge < -0.3 is 15.6 Å². The lowest BCUT2D eigenvalue weighted by atomic mass is 9.96. The molecule has 0 aliphatic heterocycles. The number of benzene rings is 2. The van der Waals surface area contributed by atoms with Crippen LogP contribution in [-0.2, 0) is 19.0 Å². The van der Waals surface area contributed by atoms with Gasteiger partial charge in [-0.3, -0.25) is 4.79 Å². The van der Waals surface area contributed by atoms with Crippen LogP contribution in [0.25, 0.3) is 11.0 Å². The molecule has 3 N–H and O–H groups in total. The van der Waals surface area contributed by atoms with Crippen LogP contribution in [0.4, 0.5) is 5.69 Å². The maximum absolute atomic E-state index is 12.4. The highest BCUT2D eigenvalue weighted by molar-refractivity contribution is 6.05. The quantitative estimate of drug-likeness (QED) is 0.729. The molecule has 0 spiro atoms. The molecule has 0 saturated carbocycles. The summed E-state index contributed by atoms with van der Waals surface area (Å²) in [6, 6.07) is 13.1.